The Kier molecular flexibility index (Phi) is 8.31. The standard InChI is InChI=1S/C21H31ClN6O/c1-3-20-26-25-16-28(20)12-11-23-21(24-14-19-6-4-5-13-29-19)27(2)15-17-7-9-18(22)10-8-17/h7-10,16,19H,3-6,11-15H2,1-2H3,(H,23,24). The fourth-order valence-electron chi connectivity index (χ4n) is 3.42. The first kappa shape index (κ1) is 21.6. The summed E-state index contributed by atoms with van der Waals surface area (Å²) in [5.74, 6) is 1.87. The summed E-state index contributed by atoms with van der Waals surface area (Å²) in [6.45, 7) is 5.91. The smallest absolute Gasteiger partial charge is 0.194 e. The lowest BCUT2D eigenvalue weighted by atomic mass is 10.1. The summed E-state index contributed by atoms with van der Waals surface area (Å²) < 4.78 is 7.92. The highest BCUT2D eigenvalue weighted by atomic mass is 35.5. The van der Waals surface area contributed by atoms with Gasteiger partial charge < -0.3 is 19.5 Å². The first-order valence-corrected chi connectivity index (χ1v) is 10.8. The van der Waals surface area contributed by atoms with Crippen molar-refractivity contribution in [3.63, 3.8) is 0 Å². The third-order valence-corrected chi connectivity index (χ3v) is 5.31. The van der Waals surface area contributed by atoms with E-state index in [1.165, 1.54) is 12.0 Å². The van der Waals surface area contributed by atoms with Gasteiger partial charge in [-0.25, -0.2) is 0 Å². The number of aryl methyl sites for hydroxylation is 1. The zero-order chi connectivity index (χ0) is 20.5. The Bertz CT molecular complexity index is 770. The van der Waals surface area contributed by atoms with Crippen LogP contribution in [0.3, 0.4) is 0 Å². The van der Waals surface area contributed by atoms with Crippen molar-refractivity contribution in [2.45, 2.75) is 51.8 Å². The van der Waals surface area contributed by atoms with Crippen LogP contribution in [0.1, 0.15) is 37.6 Å². The number of halogens is 1. The zero-order valence-electron chi connectivity index (χ0n) is 17.4. The van der Waals surface area contributed by atoms with Crippen LogP contribution in [0.4, 0.5) is 0 Å². The quantitative estimate of drug-likeness (QED) is 0.527. The number of guanidine groups is 1. The monoisotopic (exact) mass is 418 g/mol. The van der Waals surface area contributed by atoms with Gasteiger partial charge in [0.2, 0.25) is 0 Å². The molecule has 1 N–H and O–H groups in total. The second-order valence-electron chi connectivity index (χ2n) is 7.36. The molecule has 0 radical (unpaired) electrons. The van der Waals surface area contributed by atoms with Crippen LogP contribution in [0.5, 0.6) is 0 Å². The molecule has 0 aliphatic carbocycles. The van der Waals surface area contributed by atoms with Gasteiger partial charge in [0.25, 0.3) is 0 Å². The Morgan fingerprint density at radius 3 is 2.90 bits per heavy atom. The number of aromatic nitrogens is 3. The number of aliphatic imine (C=N–C) groups is 1. The minimum atomic E-state index is 0.217. The van der Waals surface area contributed by atoms with E-state index in [9.17, 15) is 0 Å². The van der Waals surface area contributed by atoms with E-state index in [1.54, 1.807) is 6.33 Å². The molecule has 1 aliphatic heterocycles. The average Bonchev–Trinajstić information content (AvgIpc) is 3.20. The first-order chi connectivity index (χ1) is 14.2. The van der Waals surface area contributed by atoms with Gasteiger partial charge in [0, 0.05) is 44.7 Å². The normalized spacial score (nSPS) is 17.3. The van der Waals surface area contributed by atoms with Gasteiger partial charge in [0.15, 0.2) is 5.96 Å². The average molecular weight is 419 g/mol. The Labute approximate surface area is 178 Å². The molecule has 1 saturated heterocycles. The Hall–Kier alpha value is -2.12. The van der Waals surface area contributed by atoms with Crippen LogP contribution in [0.25, 0.3) is 0 Å². The van der Waals surface area contributed by atoms with Crippen molar-refractivity contribution in [3.8, 4) is 0 Å². The van der Waals surface area contributed by atoms with Crippen LogP contribution in [-0.2, 0) is 24.2 Å². The molecular weight excluding hydrogens is 388 g/mol. The lowest BCUT2D eigenvalue weighted by Gasteiger charge is -2.25. The lowest BCUT2D eigenvalue weighted by Crippen LogP contribution is -2.40. The summed E-state index contributed by atoms with van der Waals surface area (Å²) in [4.78, 5) is 7.00. The summed E-state index contributed by atoms with van der Waals surface area (Å²) in [5.41, 5.74) is 1.19. The van der Waals surface area contributed by atoms with Gasteiger partial charge in [0.1, 0.15) is 12.2 Å². The molecule has 1 aromatic carbocycles. The molecule has 1 unspecified atom stereocenters. The van der Waals surface area contributed by atoms with E-state index >= 15 is 0 Å². The first-order valence-electron chi connectivity index (χ1n) is 10.4. The van der Waals surface area contributed by atoms with E-state index in [0.29, 0.717) is 6.54 Å². The third kappa shape index (κ3) is 6.72. The van der Waals surface area contributed by atoms with E-state index in [1.807, 2.05) is 24.3 Å². The highest BCUT2D eigenvalue weighted by Gasteiger charge is 2.15. The molecule has 3 rings (SSSR count). The van der Waals surface area contributed by atoms with Crippen LogP contribution in [-0.4, -0.2) is 58.5 Å². The van der Waals surface area contributed by atoms with Gasteiger partial charge in [-0.2, -0.15) is 0 Å². The number of nitrogens with one attached hydrogen (secondary N) is 1. The maximum atomic E-state index is 6.01. The predicted octanol–water partition coefficient (Wildman–Crippen LogP) is 3.14. The van der Waals surface area contributed by atoms with Crippen LogP contribution in [0, 0.1) is 0 Å². The molecule has 1 atom stereocenters. The highest BCUT2D eigenvalue weighted by Crippen LogP contribution is 2.14. The molecule has 1 aliphatic rings. The van der Waals surface area contributed by atoms with Crippen molar-refractivity contribution in [3.05, 3.63) is 47.0 Å². The van der Waals surface area contributed by atoms with E-state index in [4.69, 9.17) is 21.3 Å². The Morgan fingerprint density at radius 1 is 1.34 bits per heavy atom. The van der Waals surface area contributed by atoms with Gasteiger partial charge in [0.05, 0.1) is 12.6 Å². The molecule has 7 nitrogen and oxygen atoms in total. The Balaban J connectivity index is 1.62. The highest BCUT2D eigenvalue weighted by molar-refractivity contribution is 6.30. The summed E-state index contributed by atoms with van der Waals surface area (Å²) in [5, 5.41) is 12.4. The maximum absolute atomic E-state index is 6.01. The molecule has 8 heteroatoms. The van der Waals surface area contributed by atoms with Gasteiger partial charge >= 0.3 is 0 Å². The molecule has 158 valence electrons. The molecule has 1 aromatic heterocycles. The van der Waals surface area contributed by atoms with E-state index in [-0.39, 0.29) is 6.10 Å². The minimum Gasteiger partial charge on any atom is -0.376 e. The van der Waals surface area contributed by atoms with E-state index in [2.05, 4.69) is 39.0 Å². The van der Waals surface area contributed by atoms with Crippen LogP contribution in [0.2, 0.25) is 5.02 Å². The van der Waals surface area contributed by atoms with Crippen molar-refractivity contribution >= 4 is 17.6 Å². The number of nitrogens with zero attached hydrogens (tertiary/aromatic N) is 5. The number of rotatable bonds is 8. The number of hydrogen-bond donors (Lipinski definition) is 1. The number of hydrogen-bond acceptors (Lipinski definition) is 4. The van der Waals surface area contributed by atoms with Gasteiger partial charge in [-0.15, -0.1) is 10.2 Å². The maximum Gasteiger partial charge on any atom is 0.194 e. The predicted molar refractivity (Wildman–Crippen MR) is 116 cm³/mol. The molecule has 0 bridgehead atoms. The number of ether oxygens (including phenoxy) is 1. The molecule has 1 fully saturated rings. The molecule has 0 saturated carbocycles. The largest absolute Gasteiger partial charge is 0.376 e. The second-order valence-corrected chi connectivity index (χ2v) is 7.79. The fourth-order valence-corrected chi connectivity index (χ4v) is 3.54. The van der Waals surface area contributed by atoms with Crippen LogP contribution >= 0.6 is 11.6 Å². The van der Waals surface area contributed by atoms with Crippen molar-refractivity contribution in [1.29, 1.82) is 0 Å². The Morgan fingerprint density at radius 2 is 2.17 bits per heavy atom. The van der Waals surface area contributed by atoms with Crippen molar-refractivity contribution in [1.82, 2.24) is 25.0 Å². The van der Waals surface area contributed by atoms with Crippen molar-refractivity contribution < 1.29 is 4.74 Å². The summed E-state index contributed by atoms with van der Waals surface area (Å²) in [6, 6.07) is 7.93. The topological polar surface area (TPSA) is 67.6 Å². The van der Waals surface area contributed by atoms with Gasteiger partial charge in [-0.3, -0.25) is 4.99 Å². The fraction of sp³-hybridized carbons (Fsp3) is 0.571. The molecule has 0 amide bonds. The van der Waals surface area contributed by atoms with Crippen LogP contribution < -0.4 is 5.32 Å². The lowest BCUT2D eigenvalue weighted by molar-refractivity contribution is 0.0223. The molecular formula is C21H31ClN6O. The summed E-state index contributed by atoms with van der Waals surface area (Å²) in [6.07, 6.45) is 6.32. The molecule has 2 aromatic rings. The van der Waals surface area contributed by atoms with E-state index in [0.717, 1.165) is 62.3 Å². The second kappa shape index (κ2) is 11.2. The SMILES string of the molecule is CCc1nncn1CCNC(=NCC1CCCCO1)N(C)Cc1ccc(Cl)cc1. The summed E-state index contributed by atoms with van der Waals surface area (Å²) in [7, 11) is 2.05. The van der Waals surface area contributed by atoms with E-state index < -0.39 is 0 Å². The molecule has 2 heterocycles. The van der Waals surface area contributed by atoms with Crippen molar-refractivity contribution in [2.75, 3.05) is 26.7 Å². The molecule has 0 spiro atoms. The number of benzene rings is 1. The van der Waals surface area contributed by atoms with Gasteiger partial charge in [-0.1, -0.05) is 30.7 Å². The molecule has 29 heavy (non-hydrogen) atoms. The third-order valence-electron chi connectivity index (χ3n) is 5.06. The van der Waals surface area contributed by atoms with Gasteiger partial charge in [-0.05, 0) is 37.0 Å². The summed E-state index contributed by atoms with van der Waals surface area (Å²) >= 11 is 6.01. The minimum absolute atomic E-state index is 0.217. The van der Waals surface area contributed by atoms with Crippen LogP contribution in [0.15, 0.2) is 35.6 Å². The zero-order valence-corrected chi connectivity index (χ0v) is 18.1. The van der Waals surface area contributed by atoms with Crippen molar-refractivity contribution in [2.24, 2.45) is 4.99 Å².